The summed E-state index contributed by atoms with van der Waals surface area (Å²) in [5, 5.41) is 2.81. The van der Waals surface area contributed by atoms with E-state index in [0.29, 0.717) is 14.5 Å². The normalized spacial score (nSPS) is 11.4. The number of aryl methyl sites for hydroxylation is 2. The third-order valence-corrected chi connectivity index (χ3v) is 5.51. The molecule has 80 valence electrons. The van der Waals surface area contributed by atoms with Gasteiger partial charge >= 0.3 is 101 Å². The molecular weight excluding hydrogens is 261 g/mol. The van der Waals surface area contributed by atoms with Gasteiger partial charge in [0.25, 0.3) is 0 Å². The SMILES string of the molecule is CC[n+]1c(C)[se]c2c3ccccc3ccc21. The van der Waals surface area contributed by atoms with Crippen molar-refractivity contribution < 1.29 is 4.57 Å². The summed E-state index contributed by atoms with van der Waals surface area (Å²) in [4.78, 5) is 0. The van der Waals surface area contributed by atoms with Crippen molar-refractivity contribution in [1.82, 2.24) is 0 Å². The van der Waals surface area contributed by atoms with Gasteiger partial charge in [0.2, 0.25) is 0 Å². The summed E-state index contributed by atoms with van der Waals surface area (Å²) >= 11 is 0.506. The minimum absolute atomic E-state index is 0.506. The molecule has 0 atom stereocenters. The first-order valence-corrected chi connectivity index (χ1v) is 7.33. The van der Waals surface area contributed by atoms with Crippen molar-refractivity contribution in [2.24, 2.45) is 0 Å². The van der Waals surface area contributed by atoms with Gasteiger partial charge in [-0.1, -0.05) is 0 Å². The molecule has 0 amide bonds. The van der Waals surface area contributed by atoms with Crippen LogP contribution in [-0.2, 0) is 6.54 Å². The molecule has 2 heteroatoms. The van der Waals surface area contributed by atoms with E-state index in [-0.39, 0.29) is 0 Å². The predicted molar refractivity (Wildman–Crippen MR) is 69.0 cm³/mol. The van der Waals surface area contributed by atoms with Crippen LogP contribution in [0, 0.1) is 6.92 Å². The molecule has 0 spiro atoms. The van der Waals surface area contributed by atoms with E-state index in [1.807, 2.05) is 0 Å². The Balaban J connectivity index is 2.52. The quantitative estimate of drug-likeness (QED) is 0.475. The number of aromatic nitrogens is 1. The molecule has 2 aromatic carbocycles. The van der Waals surface area contributed by atoms with Gasteiger partial charge in [0.15, 0.2) is 0 Å². The third kappa shape index (κ3) is 1.34. The van der Waals surface area contributed by atoms with Gasteiger partial charge < -0.3 is 0 Å². The van der Waals surface area contributed by atoms with Crippen LogP contribution in [0.1, 0.15) is 11.5 Å². The van der Waals surface area contributed by atoms with Crippen LogP contribution in [0.15, 0.2) is 36.4 Å². The molecule has 0 saturated carbocycles. The van der Waals surface area contributed by atoms with Gasteiger partial charge in [-0.05, 0) is 0 Å². The predicted octanol–water partition coefficient (Wildman–Crippen LogP) is 2.67. The Morgan fingerprint density at radius 1 is 1.12 bits per heavy atom. The van der Waals surface area contributed by atoms with Crippen LogP contribution in [0.3, 0.4) is 0 Å². The topological polar surface area (TPSA) is 3.88 Å². The van der Waals surface area contributed by atoms with Gasteiger partial charge in [0, 0.05) is 0 Å². The number of nitrogens with zero attached hydrogens (tertiary/aromatic N) is 1. The number of fused-ring (bicyclic) bond motifs is 3. The van der Waals surface area contributed by atoms with Crippen LogP contribution >= 0.6 is 0 Å². The van der Waals surface area contributed by atoms with Crippen molar-refractivity contribution in [2.75, 3.05) is 0 Å². The summed E-state index contributed by atoms with van der Waals surface area (Å²) in [5.41, 5.74) is 1.43. The Labute approximate surface area is 101 Å². The number of benzene rings is 2. The monoisotopic (exact) mass is 276 g/mol. The maximum absolute atomic E-state index is 2.45. The Morgan fingerprint density at radius 3 is 2.75 bits per heavy atom. The van der Waals surface area contributed by atoms with E-state index in [2.05, 4.69) is 54.8 Å². The van der Waals surface area contributed by atoms with Crippen LogP contribution in [0.25, 0.3) is 20.5 Å². The van der Waals surface area contributed by atoms with E-state index < -0.39 is 0 Å². The zero-order valence-corrected chi connectivity index (χ0v) is 11.2. The summed E-state index contributed by atoms with van der Waals surface area (Å²) in [6.07, 6.45) is 0. The minimum atomic E-state index is 0.506. The van der Waals surface area contributed by atoms with Crippen molar-refractivity contribution in [3.8, 4) is 0 Å². The molecule has 0 fully saturated rings. The fourth-order valence-electron chi connectivity index (χ4n) is 2.32. The standard InChI is InChI=1S/C14H14NSe/c1-3-15-10(2)16-14-12-7-5-4-6-11(12)8-9-13(14)15/h4-9H,3H2,1-2H3/q+1. The second-order valence-corrected chi connectivity index (χ2v) is 6.52. The molecule has 3 aromatic rings. The van der Waals surface area contributed by atoms with E-state index in [1.54, 1.807) is 4.26 Å². The van der Waals surface area contributed by atoms with Crippen LogP contribution in [0.5, 0.6) is 0 Å². The van der Waals surface area contributed by atoms with Crippen molar-refractivity contribution in [3.05, 3.63) is 41.0 Å². The first kappa shape index (κ1) is 10.1. The second kappa shape index (κ2) is 3.72. The summed E-state index contributed by atoms with van der Waals surface area (Å²) in [6, 6.07) is 13.2. The van der Waals surface area contributed by atoms with Crippen LogP contribution in [0.2, 0.25) is 0 Å². The fraction of sp³-hybridized carbons (Fsp3) is 0.214. The summed E-state index contributed by atoms with van der Waals surface area (Å²) in [7, 11) is 0. The van der Waals surface area contributed by atoms with E-state index in [9.17, 15) is 0 Å². The molecule has 3 rings (SSSR count). The third-order valence-electron chi connectivity index (χ3n) is 3.10. The molecule has 1 nitrogen and oxygen atoms in total. The van der Waals surface area contributed by atoms with E-state index in [4.69, 9.17) is 0 Å². The van der Waals surface area contributed by atoms with Crippen LogP contribution < -0.4 is 4.57 Å². The molecule has 0 bridgehead atoms. The van der Waals surface area contributed by atoms with Gasteiger partial charge in [0.1, 0.15) is 0 Å². The van der Waals surface area contributed by atoms with Crippen molar-refractivity contribution in [2.45, 2.75) is 20.4 Å². The zero-order chi connectivity index (χ0) is 11.1. The van der Waals surface area contributed by atoms with Gasteiger partial charge in [-0.2, -0.15) is 0 Å². The number of rotatable bonds is 1. The zero-order valence-electron chi connectivity index (χ0n) is 9.53. The first-order chi connectivity index (χ1) is 7.81. The Bertz CT molecular complexity index is 667. The molecule has 0 aliphatic heterocycles. The molecule has 0 radical (unpaired) electrons. The van der Waals surface area contributed by atoms with Gasteiger partial charge in [0.05, 0.1) is 0 Å². The van der Waals surface area contributed by atoms with Crippen molar-refractivity contribution >= 4 is 35.1 Å². The molecule has 0 unspecified atom stereocenters. The summed E-state index contributed by atoms with van der Waals surface area (Å²) in [5.74, 6) is 0. The fourth-order valence-corrected chi connectivity index (χ4v) is 4.86. The average molecular weight is 275 g/mol. The van der Waals surface area contributed by atoms with Gasteiger partial charge in [-0.3, -0.25) is 0 Å². The summed E-state index contributed by atoms with van der Waals surface area (Å²) < 4.78 is 5.54. The Kier molecular flexibility index (Phi) is 2.34. The maximum atomic E-state index is 2.45. The molecule has 16 heavy (non-hydrogen) atoms. The van der Waals surface area contributed by atoms with Crippen LogP contribution in [0.4, 0.5) is 0 Å². The molecule has 0 N–H and O–H groups in total. The molecule has 1 heterocycles. The van der Waals surface area contributed by atoms with Gasteiger partial charge in [-0.15, -0.1) is 0 Å². The number of hydrogen-bond donors (Lipinski definition) is 0. The van der Waals surface area contributed by atoms with Crippen molar-refractivity contribution in [1.29, 1.82) is 0 Å². The molecule has 1 aromatic heterocycles. The Hall–Kier alpha value is -1.11. The van der Waals surface area contributed by atoms with Crippen molar-refractivity contribution in [3.63, 3.8) is 0 Å². The van der Waals surface area contributed by atoms with E-state index in [0.717, 1.165) is 6.54 Å². The summed E-state index contributed by atoms with van der Waals surface area (Å²) in [6.45, 7) is 5.57. The van der Waals surface area contributed by atoms with Gasteiger partial charge in [-0.25, -0.2) is 0 Å². The molecule has 0 aliphatic carbocycles. The Morgan fingerprint density at radius 2 is 1.94 bits per heavy atom. The molecular formula is C14H14NSe+. The van der Waals surface area contributed by atoms with E-state index >= 15 is 0 Å². The average Bonchev–Trinajstić information content (AvgIpc) is 2.65. The first-order valence-electron chi connectivity index (χ1n) is 5.62. The molecule has 0 saturated heterocycles. The van der Waals surface area contributed by atoms with E-state index in [1.165, 1.54) is 20.9 Å². The van der Waals surface area contributed by atoms with Crippen LogP contribution in [-0.4, -0.2) is 14.5 Å². The molecule has 0 aliphatic rings. The number of hydrogen-bond acceptors (Lipinski definition) is 0. The second-order valence-electron chi connectivity index (χ2n) is 4.00.